The van der Waals surface area contributed by atoms with Crippen LogP contribution in [0.5, 0.6) is 0 Å². The molecule has 2 atom stereocenters. The summed E-state index contributed by atoms with van der Waals surface area (Å²) in [4.78, 5) is 1.97. The number of nitrogens with zero attached hydrogens (tertiary/aromatic N) is 3. The summed E-state index contributed by atoms with van der Waals surface area (Å²) in [5.74, 6) is 0. The molecule has 1 heterocycles. The van der Waals surface area contributed by atoms with Crippen molar-refractivity contribution < 1.29 is 5.11 Å². The van der Waals surface area contributed by atoms with Gasteiger partial charge in [0.2, 0.25) is 5.13 Å². The van der Waals surface area contributed by atoms with Crippen LogP contribution >= 0.6 is 23.1 Å². The van der Waals surface area contributed by atoms with Crippen molar-refractivity contribution in [1.82, 2.24) is 15.5 Å². The van der Waals surface area contributed by atoms with Gasteiger partial charge in [0.15, 0.2) is 4.34 Å². The lowest BCUT2D eigenvalue weighted by atomic mass is 9.97. The highest BCUT2D eigenvalue weighted by molar-refractivity contribution is 8.01. The van der Waals surface area contributed by atoms with Gasteiger partial charge in [0.1, 0.15) is 0 Å². The van der Waals surface area contributed by atoms with E-state index in [1.54, 1.807) is 23.1 Å². The molecule has 1 rings (SSSR count). The zero-order valence-corrected chi connectivity index (χ0v) is 14.6. The summed E-state index contributed by atoms with van der Waals surface area (Å²) in [6.45, 7) is 7.45. The van der Waals surface area contributed by atoms with Crippen LogP contribution in [0.15, 0.2) is 4.34 Å². The van der Waals surface area contributed by atoms with Gasteiger partial charge in [0.25, 0.3) is 0 Å². The second-order valence-corrected chi connectivity index (χ2v) is 8.16. The maximum Gasteiger partial charge on any atom is 0.208 e. The Hall–Kier alpha value is -0.370. The molecule has 5 nitrogen and oxygen atoms in total. The summed E-state index contributed by atoms with van der Waals surface area (Å²) in [6, 6.07) is 0. The molecule has 0 saturated carbocycles. The first-order valence-corrected chi connectivity index (χ1v) is 8.63. The van der Waals surface area contributed by atoms with E-state index >= 15 is 0 Å². The van der Waals surface area contributed by atoms with E-state index in [2.05, 4.69) is 36.3 Å². The first-order valence-electron chi connectivity index (χ1n) is 6.93. The van der Waals surface area contributed by atoms with Crippen LogP contribution in [0.4, 0.5) is 5.13 Å². The zero-order valence-electron chi connectivity index (χ0n) is 13.0. The van der Waals surface area contributed by atoms with Gasteiger partial charge in [-0.3, -0.25) is 0 Å². The summed E-state index contributed by atoms with van der Waals surface area (Å²) < 4.78 is 0.983. The maximum atomic E-state index is 9.60. The number of thioether (sulfide) groups is 1. The Bertz CT molecular complexity index is 399. The molecular weight excluding hydrogens is 292 g/mol. The molecule has 0 aliphatic heterocycles. The topological polar surface area (TPSA) is 61.3 Å². The van der Waals surface area contributed by atoms with Crippen molar-refractivity contribution in [1.29, 1.82) is 0 Å². The summed E-state index contributed by atoms with van der Waals surface area (Å²) >= 11 is 3.33. The SMILES string of the molecule is CCCNC(C)(CO)CC(C)Sc1nnc(N(C)C)s1. The van der Waals surface area contributed by atoms with E-state index < -0.39 is 0 Å². The van der Waals surface area contributed by atoms with Gasteiger partial charge in [0.05, 0.1) is 6.61 Å². The van der Waals surface area contributed by atoms with Crippen molar-refractivity contribution in [2.45, 2.75) is 48.7 Å². The maximum absolute atomic E-state index is 9.60. The standard InChI is InChI=1S/C13H26N4OS2/c1-6-7-14-13(3,9-18)8-10(2)19-12-16-15-11(20-12)17(4)5/h10,14,18H,6-9H2,1-5H3. The van der Waals surface area contributed by atoms with Crippen LogP contribution in [-0.4, -0.2) is 53.3 Å². The van der Waals surface area contributed by atoms with Crippen LogP contribution in [-0.2, 0) is 0 Å². The van der Waals surface area contributed by atoms with Gasteiger partial charge in [0, 0.05) is 24.9 Å². The molecule has 0 saturated heterocycles. The molecule has 0 bridgehead atoms. The van der Waals surface area contributed by atoms with Gasteiger partial charge < -0.3 is 15.3 Å². The van der Waals surface area contributed by atoms with E-state index in [0.29, 0.717) is 5.25 Å². The van der Waals surface area contributed by atoms with E-state index in [1.165, 1.54) is 0 Å². The van der Waals surface area contributed by atoms with E-state index in [0.717, 1.165) is 28.9 Å². The van der Waals surface area contributed by atoms with Crippen molar-refractivity contribution >= 4 is 28.2 Å². The summed E-state index contributed by atoms with van der Waals surface area (Å²) in [5, 5.41) is 22.7. The minimum Gasteiger partial charge on any atom is -0.394 e. The number of nitrogens with one attached hydrogen (secondary N) is 1. The Morgan fingerprint density at radius 1 is 1.45 bits per heavy atom. The van der Waals surface area contributed by atoms with Crippen LogP contribution in [0.25, 0.3) is 0 Å². The number of aliphatic hydroxyl groups excluding tert-OH is 1. The highest BCUT2D eigenvalue weighted by atomic mass is 32.2. The van der Waals surface area contributed by atoms with E-state index in [-0.39, 0.29) is 12.1 Å². The lowest BCUT2D eigenvalue weighted by Gasteiger charge is -2.31. The average molecular weight is 319 g/mol. The predicted molar refractivity (Wildman–Crippen MR) is 88.0 cm³/mol. The van der Waals surface area contributed by atoms with Gasteiger partial charge in [-0.05, 0) is 26.3 Å². The smallest absolute Gasteiger partial charge is 0.208 e. The molecule has 0 fully saturated rings. The second kappa shape index (κ2) is 8.17. The first kappa shape index (κ1) is 17.7. The molecule has 0 spiro atoms. The predicted octanol–water partition coefficient (Wildman–Crippen LogP) is 2.23. The fourth-order valence-corrected chi connectivity index (χ4v) is 4.19. The Balaban J connectivity index is 2.54. The van der Waals surface area contributed by atoms with Gasteiger partial charge in [-0.15, -0.1) is 10.2 Å². The molecule has 2 N–H and O–H groups in total. The molecule has 0 aliphatic carbocycles. The molecule has 1 aromatic heterocycles. The molecule has 0 amide bonds. The normalized spacial score (nSPS) is 15.9. The highest BCUT2D eigenvalue weighted by Gasteiger charge is 2.26. The number of hydrogen-bond acceptors (Lipinski definition) is 7. The van der Waals surface area contributed by atoms with Crippen LogP contribution in [0.3, 0.4) is 0 Å². The van der Waals surface area contributed by atoms with Crippen molar-refractivity contribution in [2.75, 3.05) is 32.1 Å². The number of hydrogen-bond donors (Lipinski definition) is 2. The molecule has 20 heavy (non-hydrogen) atoms. The van der Waals surface area contributed by atoms with Gasteiger partial charge in [-0.2, -0.15) is 0 Å². The summed E-state index contributed by atoms with van der Waals surface area (Å²) in [5.41, 5.74) is -0.225. The van der Waals surface area contributed by atoms with Gasteiger partial charge in [-0.25, -0.2) is 0 Å². The quantitative estimate of drug-likeness (QED) is 0.681. The second-order valence-electron chi connectivity index (χ2n) is 5.52. The van der Waals surface area contributed by atoms with E-state index in [9.17, 15) is 5.11 Å². The molecule has 0 radical (unpaired) electrons. The van der Waals surface area contributed by atoms with Crippen LogP contribution < -0.4 is 10.2 Å². The van der Waals surface area contributed by atoms with Crippen molar-refractivity contribution in [3.05, 3.63) is 0 Å². The Kier molecular flexibility index (Phi) is 7.22. The highest BCUT2D eigenvalue weighted by Crippen LogP contribution is 2.32. The lowest BCUT2D eigenvalue weighted by Crippen LogP contribution is -2.47. The Labute approximate surface area is 130 Å². The average Bonchev–Trinajstić information content (AvgIpc) is 2.85. The molecule has 2 unspecified atom stereocenters. The van der Waals surface area contributed by atoms with Gasteiger partial charge in [-0.1, -0.05) is 36.9 Å². The third-order valence-electron chi connectivity index (χ3n) is 2.97. The van der Waals surface area contributed by atoms with E-state index in [4.69, 9.17) is 0 Å². The fraction of sp³-hybridized carbons (Fsp3) is 0.846. The molecule has 7 heteroatoms. The lowest BCUT2D eigenvalue weighted by molar-refractivity contribution is 0.166. The number of rotatable bonds is 9. The largest absolute Gasteiger partial charge is 0.394 e. The Morgan fingerprint density at radius 3 is 2.65 bits per heavy atom. The minimum atomic E-state index is -0.225. The minimum absolute atomic E-state index is 0.150. The number of aromatic nitrogens is 2. The summed E-state index contributed by atoms with van der Waals surface area (Å²) in [6.07, 6.45) is 1.96. The summed E-state index contributed by atoms with van der Waals surface area (Å²) in [7, 11) is 3.94. The monoisotopic (exact) mass is 318 g/mol. The number of anilines is 1. The number of aliphatic hydroxyl groups is 1. The molecule has 0 aliphatic rings. The van der Waals surface area contributed by atoms with Crippen LogP contribution in [0.1, 0.15) is 33.6 Å². The molecule has 116 valence electrons. The van der Waals surface area contributed by atoms with Crippen LogP contribution in [0.2, 0.25) is 0 Å². The van der Waals surface area contributed by atoms with Crippen molar-refractivity contribution in [3.63, 3.8) is 0 Å². The zero-order chi connectivity index (χ0) is 15.2. The van der Waals surface area contributed by atoms with Crippen molar-refractivity contribution in [2.24, 2.45) is 0 Å². The Morgan fingerprint density at radius 2 is 2.15 bits per heavy atom. The molecule has 0 aromatic carbocycles. The third kappa shape index (κ3) is 5.55. The molecular formula is C13H26N4OS2. The fourth-order valence-electron chi connectivity index (χ4n) is 1.90. The van der Waals surface area contributed by atoms with Crippen LogP contribution in [0, 0.1) is 0 Å². The van der Waals surface area contributed by atoms with E-state index in [1.807, 2.05) is 19.0 Å². The van der Waals surface area contributed by atoms with Gasteiger partial charge >= 0.3 is 0 Å². The third-order valence-corrected chi connectivity index (χ3v) is 5.25. The molecule has 1 aromatic rings. The first-order chi connectivity index (χ1) is 9.40. The van der Waals surface area contributed by atoms with Crippen molar-refractivity contribution in [3.8, 4) is 0 Å².